The summed E-state index contributed by atoms with van der Waals surface area (Å²) in [5.74, 6) is 0.595. The van der Waals surface area contributed by atoms with Crippen LogP contribution in [0.4, 0.5) is 0 Å². The van der Waals surface area contributed by atoms with E-state index in [4.69, 9.17) is 9.47 Å². The van der Waals surface area contributed by atoms with E-state index in [2.05, 4.69) is 0 Å². The van der Waals surface area contributed by atoms with E-state index in [0.29, 0.717) is 30.9 Å². The molecule has 2 aliphatic rings. The van der Waals surface area contributed by atoms with Crippen molar-refractivity contribution in [3.8, 4) is 5.75 Å². The second-order valence-corrected chi connectivity index (χ2v) is 7.90. The zero-order valence-corrected chi connectivity index (χ0v) is 16.7. The maximum Gasteiger partial charge on any atom is 0.257 e. The smallest absolute Gasteiger partial charge is 0.257 e. The van der Waals surface area contributed by atoms with Crippen LogP contribution in [0.2, 0.25) is 0 Å². The summed E-state index contributed by atoms with van der Waals surface area (Å²) in [6.07, 6.45) is 4.02. The van der Waals surface area contributed by atoms with Gasteiger partial charge >= 0.3 is 0 Å². The van der Waals surface area contributed by atoms with Crippen LogP contribution in [0.25, 0.3) is 0 Å². The van der Waals surface area contributed by atoms with E-state index < -0.39 is 6.10 Å². The number of benzene rings is 2. The lowest BCUT2D eigenvalue weighted by molar-refractivity contribution is 0.0618. The number of rotatable bonds is 7. The number of nitrogens with zero attached hydrogens (tertiary/aromatic N) is 1. The molecule has 2 saturated heterocycles. The quantitative estimate of drug-likeness (QED) is 0.771. The number of amides is 1. The molecule has 2 aromatic rings. The van der Waals surface area contributed by atoms with Gasteiger partial charge in [0.15, 0.2) is 0 Å². The second-order valence-electron chi connectivity index (χ2n) is 7.90. The van der Waals surface area contributed by atoms with Crippen molar-refractivity contribution >= 4 is 5.91 Å². The van der Waals surface area contributed by atoms with Crippen molar-refractivity contribution in [3.05, 3.63) is 65.7 Å². The lowest BCUT2D eigenvalue weighted by Crippen LogP contribution is -2.36. The first-order valence-electron chi connectivity index (χ1n) is 10.6. The van der Waals surface area contributed by atoms with Gasteiger partial charge in [0.05, 0.1) is 17.8 Å². The Balaban J connectivity index is 1.44. The number of carbonyl (C=O) groups is 1. The van der Waals surface area contributed by atoms with Crippen LogP contribution in [0.15, 0.2) is 54.6 Å². The molecule has 0 aromatic heterocycles. The molecule has 4 rings (SSSR count). The summed E-state index contributed by atoms with van der Waals surface area (Å²) >= 11 is 0. The highest BCUT2D eigenvalue weighted by atomic mass is 16.5. The number of aliphatic hydroxyl groups is 1. The molecule has 0 radical (unpaired) electrons. The van der Waals surface area contributed by atoms with E-state index in [0.717, 1.165) is 37.9 Å². The molecule has 0 aliphatic carbocycles. The van der Waals surface area contributed by atoms with Crippen molar-refractivity contribution in [1.82, 2.24) is 4.90 Å². The molecule has 5 heteroatoms. The molecule has 5 nitrogen and oxygen atoms in total. The molecule has 1 N–H and O–H groups in total. The van der Waals surface area contributed by atoms with E-state index in [1.54, 1.807) is 0 Å². The maximum atomic E-state index is 13.3. The average Bonchev–Trinajstić information content (AvgIpc) is 3.45. The van der Waals surface area contributed by atoms with Gasteiger partial charge in [-0.25, -0.2) is 0 Å². The van der Waals surface area contributed by atoms with Crippen LogP contribution in [-0.4, -0.2) is 47.8 Å². The molecule has 2 fully saturated rings. The number of ether oxygens (including phenoxy) is 2. The molecule has 2 aliphatic heterocycles. The minimum absolute atomic E-state index is 0.0179. The Labute approximate surface area is 172 Å². The number of para-hydroxylation sites is 1. The summed E-state index contributed by atoms with van der Waals surface area (Å²) in [5, 5.41) is 10.6. The van der Waals surface area contributed by atoms with Crippen molar-refractivity contribution in [2.24, 2.45) is 0 Å². The number of hydrogen-bond donors (Lipinski definition) is 1. The number of hydrogen-bond acceptors (Lipinski definition) is 4. The van der Waals surface area contributed by atoms with Crippen LogP contribution in [0, 0.1) is 0 Å². The Morgan fingerprint density at radius 1 is 1.10 bits per heavy atom. The zero-order chi connectivity index (χ0) is 20.1. The standard InChI is InChI=1S/C24H29NO4/c26-22(18-8-2-1-3-9-18)16-19-10-6-14-25(19)24(27)21-12-4-5-13-23(21)29-17-20-11-7-15-28-20/h1-5,8-9,12-13,19-20,22,26H,6-7,10-11,14-17H2/t19-,20+,22+/m1/s1. The van der Waals surface area contributed by atoms with Gasteiger partial charge in [-0.3, -0.25) is 4.79 Å². The molecule has 1 amide bonds. The molecule has 0 saturated carbocycles. The Morgan fingerprint density at radius 2 is 1.90 bits per heavy atom. The average molecular weight is 395 g/mol. The van der Waals surface area contributed by atoms with Crippen LogP contribution in [-0.2, 0) is 4.74 Å². The zero-order valence-electron chi connectivity index (χ0n) is 16.7. The third kappa shape index (κ3) is 4.80. The first-order valence-corrected chi connectivity index (χ1v) is 10.6. The fraction of sp³-hybridized carbons (Fsp3) is 0.458. The first kappa shape index (κ1) is 19.9. The van der Waals surface area contributed by atoms with Gasteiger partial charge in [-0.2, -0.15) is 0 Å². The van der Waals surface area contributed by atoms with E-state index in [-0.39, 0.29) is 18.1 Å². The highest BCUT2D eigenvalue weighted by Gasteiger charge is 2.32. The molecular formula is C24H29NO4. The largest absolute Gasteiger partial charge is 0.490 e. The summed E-state index contributed by atoms with van der Waals surface area (Å²) in [4.78, 5) is 15.2. The fourth-order valence-electron chi connectivity index (χ4n) is 4.30. The van der Waals surface area contributed by atoms with Gasteiger partial charge in [0, 0.05) is 19.2 Å². The molecule has 29 heavy (non-hydrogen) atoms. The highest BCUT2D eigenvalue weighted by molar-refractivity contribution is 5.97. The minimum Gasteiger partial charge on any atom is -0.490 e. The van der Waals surface area contributed by atoms with Crippen LogP contribution in [0.1, 0.15) is 54.1 Å². The van der Waals surface area contributed by atoms with E-state index in [9.17, 15) is 9.90 Å². The molecule has 3 atom stereocenters. The Morgan fingerprint density at radius 3 is 2.69 bits per heavy atom. The Hall–Kier alpha value is -2.37. The SMILES string of the molecule is O=C(c1ccccc1OC[C@@H]1CCCO1)N1CCC[C@@H]1C[C@H](O)c1ccccc1. The van der Waals surface area contributed by atoms with Crippen LogP contribution in [0.5, 0.6) is 5.75 Å². The van der Waals surface area contributed by atoms with E-state index in [1.165, 1.54) is 0 Å². The third-order valence-corrected chi connectivity index (χ3v) is 5.88. The molecule has 0 bridgehead atoms. The molecule has 2 aromatic carbocycles. The van der Waals surface area contributed by atoms with Gasteiger partial charge in [-0.05, 0) is 49.8 Å². The number of carbonyl (C=O) groups excluding carboxylic acids is 1. The maximum absolute atomic E-state index is 13.3. The molecule has 0 unspecified atom stereocenters. The number of aliphatic hydroxyl groups excluding tert-OH is 1. The van der Waals surface area contributed by atoms with Crippen molar-refractivity contribution in [3.63, 3.8) is 0 Å². The molecule has 2 heterocycles. The second kappa shape index (κ2) is 9.42. The lowest BCUT2D eigenvalue weighted by Gasteiger charge is -2.27. The first-order chi connectivity index (χ1) is 14.2. The lowest BCUT2D eigenvalue weighted by atomic mass is 10.00. The van der Waals surface area contributed by atoms with Crippen molar-refractivity contribution in [2.45, 2.75) is 50.4 Å². The molecule has 0 spiro atoms. The van der Waals surface area contributed by atoms with Crippen LogP contribution in [0.3, 0.4) is 0 Å². The van der Waals surface area contributed by atoms with Crippen molar-refractivity contribution in [2.75, 3.05) is 19.8 Å². The topological polar surface area (TPSA) is 59.0 Å². The normalized spacial score (nSPS) is 22.6. The van der Waals surface area contributed by atoms with Gasteiger partial charge in [0.2, 0.25) is 0 Å². The Kier molecular flexibility index (Phi) is 6.47. The van der Waals surface area contributed by atoms with Crippen molar-refractivity contribution in [1.29, 1.82) is 0 Å². The summed E-state index contributed by atoms with van der Waals surface area (Å²) in [6, 6.07) is 17.1. The summed E-state index contributed by atoms with van der Waals surface area (Å²) < 4.78 is 11.6. The summed E-state index contributed by atoms with van der Waals surface area (Å²) in [7, 11) is 0. The van der Waals surface area contributed by atoms with E-state index in [1.807, 2.05) is 59.5 Å². The fourth-order valence-corrected chi connectivity index (χ4v) is 4.30. The minimum atomic E-state index is -0.569. The van der Waals surface area contributed by atoms with Crippen molar-refractivity contribution < 1.29 is 19.4 Å². The number of likely N-dealkylation sites (tertiary alicyclic amines) is 1. The molecular weight excluding hydrogens is 366 g/mol. The molecule has 154 valence electrons. The van der Waals surface area contributed by atoms with Crippen LogP contribution < -0.4 is 4.74 Å². The van der Waals surface area contributed by atoms with Gasteiger partial charge in [0.25, 0.3) is 5.91 Å². The van der Waals surface area contributed by atoms with Gasteiger partial charge in [-0.1, -0.05) is 42.5 Å². The van der Waals surface area contributed by atoms with Gasteiger partial charge in [0.1, 0.15) is 12.4 Å². The van der Waals surface area contributed by atoms with Gasteiger partial charge in [-0.15, -0.1) is 0 Å². The summed E-state index contributed by atoms with van der Waals surface area (Å²) in [6.45, 7) is 1.97. The summed E-state index contributed by atoms with van der Waals surface area (Å²) in [5.41, 5.74) is 1.48. The third-order valence-electron chi connectivity index (χ3n) is 5.88. The van der Waals surface area contributed by atoms with Crippen LogP contribution >= 0.6 is 0 Å². The van der Waals surface area contributed by atoms with Gasteiger partial charge < -0.3 is 19.5 Å². The Bertz CT molecular complexity index is 804. The monoisotopic (exact) mass is 395 g/mol. The predicted octanol–water partition coefficient (Wildman–Crippen LogP) is 3.97. The highest BCUT2D eigenvalue weighted by Crippen LogP contribution is 2.30. The predicted molar refractivity (Wildman–Crippen MR) is 111 cm³/mol. The van der Waals surface area contributed by atoms with E-state index >= 15 is 0 Å².